The van der Waals surface area contributed by atoms with E-state index in [0.29, 0.717) is 17.9 Å². The zero-order valence-corrected chi connectivity index (χ0v) is 11.4. The van der Waals surface area contributed by atoms with Crippen LogP contribution < -0.4 is 16.2 Å². The Morgan fingerprint density at radius 3 is 2.35 bits per heavy atom. The fourth-order valence-corrected chi connectivity index (χ4v) is 2.05. The van der Waals surface area contributed by atoms with Crippen molar-refractivity contribution in [3.63, 3.8) is 0 Å². The van der Waals surface area contributed by atoms with Gasteiger partial charge < -0.3 is 16.2 Å². The Balaban J connectivity index is 2.18. The Kier molecular flexibility index (Phi) is 4.38. The normalized spacial score (nSPS) is 11.9. The monoisotopic (exact) mass is 270 g/mol. The van der Waals surface area contributed by atoms with Gasteiger partial charge in [-0.25, -0.2) is 0 Å². The first-order valence-corrected chi connectivity index (χ1v) is 6.44. The van der Waals surface area contributed by atoms with Crippen LogP contribution in [0.1, 0.15) is 27.6 Å². The van der Waals surface area contributed by atoms with Gasteiger partial charge in [-0.05, 0) is 42.3 Å². The highest BCUT2D eigenvalue weighted by Crippen LogP contribution is 2.23. The lowest BCUT2D eigenvalue weighted by atomic mass is 10.0. The first kappa shape index (κ1) is 14.1. The zero-order valence-electron chi connectivity index (χ0n) is 11.4. The number of ether oxygens (including phenoxy) is 1. The molecule has 0 fully saturated rings. The number of carbonyl (C=O) groups is 1. The van der Waals surface area contributed by atoms with Crippen LogP contribution in [0, 0.1) is 6.92 Å². The summed E-state index contributed by atoms with van der Waals surface area (Å²) in [6.07, 6.45) is -0.212. The van der Waals surface area contributed by atoms with Crippen LogP contribution in [0.25, 0.3) is 0 Å². The molecule has 1 amide bonds. The molecular formula is C16H18N2O2. The third-order valence-electron chi connectivity index (χ3n) is 3.17. The fourth-order valence-electron chi connectivity index (χ4n) is 2.05. The van der Waals surface area contributed by atoms with Crippen molar-refractivity contribution < 1.29 is 9.53 Å². The lowest BCUT2D eigenvalue weighted by molar-refractivity contribution is 0.1000. The van der Waals surface area contributed by atoms with Crippen molar-refractivity contribution in [2.45, 2.75) is 13.0 Å². The van der Waals surface area contributed by atoms with Crippen LogP contribution in [0.15, 0.2) is 48.5 Å². The van der Waals surface area contributed by atoms with E-state index in [1.807, 2.05) is 31.2 Å². The first-order valence-electron chi connectivity index (χ1n) is 6.44. The van der Waals surface area contributed by atoms with Crippen LogP contribution in [0.4, 0.5) is 0 Å². The van der Waals surface area contributed by atoms with Gasteiger partial charge in [0, 0.05) is 12.1 Å². The average molecular weight is 270 g/mol. The molecule has 0 bridgehead atoms. The van der Waals surface area contributed by atoms with Crippen molar-refractivity contribution in [1.82, 2.24) is 0 Å². The second-order valence-electron chi connectivity index (χ2n) is 4.59. The van der Waals surface area contributed by atoms with Crippen molar-refractivity contribution in [2.24, 2.45) is 11.5 Å². The summed E-state index contributed by atoms with van der Waals surface area (Å²) in [7, 11) is 0. The maximum Gasteiger partial charge on any atom is 0.248 e. The van der Waals surface area contributed by atoms with Crippen molar-refractivity contribution in [1.29, 1.82) is 0 Å². The molecule has 0 aromatic heterocycles. The summed E-state index contributed by atoms with van der Waals surface area (Å²) in [5.74, 6) is 0.208. The summed E-state index contributed by atoms with van der Waals surface area (Å²) in [5.41, 5.74) is 13.7. The van der Waals surface area contributed by atoms with Gasteiger partial charge in [0.1, 0.15) is 11.9 Å². The maximum atomic E-state index is 11.0. The molecule has 20 heavy (non-hydrogen) atoms. The molecule has 0 saturated carbocycles. The quantitative estimate of drug-likeness (QED) is 0.874. The molecule has 4 N–H and O–H groups in total. The summed E-state index contributed by atoms with van der Waals surface area (Å²) in [6.45, 7) is 2.40. The summed E-state index contributed by atoms with van der Waals surface area (Å²) in [5, 5.41) is 0. The van der Waals surface area contributed by atoms with Gasteiger partial charge in [-0.2, -0.15) is 0 Å². The number of aryl methyl sites for hydroxylation is 1. The predicted molar refractivity (Wildman–Crippen MR) is 78.6 cm³/mol. The van der Waals surface area contributed by atoms with Gasteiger partial charge in [-0.15, -0.1) is 0 Å². The van der Waals surface area contributed by atoms with Crippen LogP contribution in [0.5, 0.6) is 5.75 Å². The molecule has 4 nitrogen and oxygen atoms in total. The number of hydrogen-bond acceptors (Lipinski definition) is 3. The molecule has 0 aliphatic rings. The molecule has 2 aromatic carbocycles. The third-order valence-corrected chi connectivity index (χ3v) is 3.17. The average Bonchev–Trinajstić information content (AvgIpc) is 2.46. The molecule has 1 atom stereocenters. The van der Waals surface area contributed by atoms with Gasteiger partial charge in [0.2, 0.25) is 5.91 Å². The van der Waals surface area contributed by atoms with Crippen molar-refractivity contribution >= 4 is 5.91 Å². The second kappa shape index (κ2) is 6.21. The fraction of sp³-hybridized carbons (Fsp3) is 0.188. The van der Waals surface area contributed by atoms with E-state index in [1.165, 1.54) is 0 Å². The molecular weight excluding hydrogens is 252 g/mol. The van der Waals surface area contributed by atoms with E-state index in [1.54, 1.807) is 24.3 Å². The molecule has 0 heterocycles. The number of rotatable bonds is 5. The standard InChI is InChI=1S/C16H18N2O2/c1-11-4-2-3-5-14(11)15(10-17)20-13-8-6-12(7-9-13)16(18)19/h2-9,15H,10,17H2,1H3,(H2,18,19). The van der Waals surface area contributed by atoms with E-state index < -0.39 is 5.91 Å². The smallest absolute Gasteiger partial charge is 0.248 e. The van der Waals surface area contributed by atoms with Gasteiger partial charge in [0.25, 0.3) is 0 Å². The van der Waals surface area contributed by atoms with Crippen LogP contribution in [0.2, 0.25) is 0 Å². The number of benzene rings is 2. The van der Waals surface area contributed by atoms with Crippen molar-refractivity contribution in [3.05, 3.63) is 65.2 Å². The summed E-state index contributed by atoms with van der Waals surface area (Å²) >= 11 is 0. The lowest BCUT2D eigenvalue weighted by Gasteiger charge is -2.19. The summed E-state index contributed by atoms with van der Waals surface area (Å²) < 4.78 is 5.89. The van der Waals surface area contributed by atoms with Crippen molar-refractivity contribution in [3.8, 4) is 5.75 Å². The number of nitrogens with two attached hydrogens (primary N) is 2. The minimum atomic E-state index is -0.453. The number of primary amides is 1. The summed E-state index contributed by atoms with van der Waals surface area (Å²) in [4.78, 5) is 11.0. The highest BCUT2D eigenvalue weighted by Gasteiger charge is 2.13. The highest BCUT2D eigenvalue weighted by molar-refractivity contribution is 5.92. The topological polar surface area (TPSA) is 78.3 Å². The van der Waals surface area contributed by atoms with Crippen LogP contribution in [-0.2, 0) is 0 Å². The molecule has 2 aromatic rings. The molecule has 0 aliphatic heterocycles. The maximum absolute atomic E-state index is 11.0. The molecule has 1 unspecified atom stereocenters. The Bertz CT molecular complexity index is 594. The molecule has 0 spiro atoms. The number of carbonyl (C=O) groups excluding carboxylic acids is 1. The van der Waals surface area contributed by atoms with E-state index in [9.17, 15) is 4.79 Å². The van der Waals surface area contributed by atoms with Gasteiger partial charge in [0.15, 0.2) is 0 Å². The molecule has 2 rings (SSSR count). The van der Waals surface area contributed by atoms with Gasteiger partial charge in [-0.1, -0.05) is 24.3 Å². The predicted octanol–water partition coefficient (Wildman–Crippen LogP) is 2.17. The van der Waals surface area contributed by atoms with Gasteiger partial charge in [-0.3, -0.25) is 4.79 Å². The highest BCUT2D eigenvalue weighted by atomic mass is 16.5. The third kappa shape index (κ3) is 3.16. The Morgan fingerprint density at radius 2 is 1.80 bits per heavy atom. The van der Waals surface area contributed by atoms with E-state index in [4.69, 9.17) is 16.2 Å². The van der Waals surface area contributed by atoms with Gasteiger partial charge >= 0.3 is 0 Å². The minimum absolute atomic E-state index is 0.212. The SMILES string of the molecule is Cc1ccccc1C(CN)Oc1ccc(C(N)=O)cc1. The molecule has 0 aliphatic carbocycles. The molecule has 0 radical (unpaired) electrons. The van der Waals surface area contributed by atoms with Gasteiger partial charge in [0.05, 0.1) is 0 Å². The first-order chi connectivity index (χ1) is 9.61. The Labute approximate surface area is 118 Å². The molecule has 4 heteroatoms. The molecule has 104 valence electrons. The largest absolute Gasteiger partial charge is 0.484 e. The van der Waals surface area contributed by atoms with Crippen LogP contribution >= 0.6 is 0 Å². The summed E-state index contributed by atoms with van der Waals surface area (Å²) in [6, 6.07) is 14.7. The van der Waals surface area contributed by atoms with E-state index >= 15 is 0 Å². The number of hydrogen-bond donors (Lipinski definition) is 2. The molecule has 0 saturated heterocycles. The Morgan fingerprint density at radius 1 is 1.15 bits per heavy atom. The van der Waals surface area contributed by atoms with E-state index in [2.05, 4.69) is 0 Å². The van der Waals surface area contributed by atoms with Crippen molar-refractivity contribution in [2.75, 3.05) is 6.54 Å². The van der Waals surface area contributed by atoms with E-state index in [0.717, 1.165) is 11.1 Å². The van der Waals surface area contributed by atoms with Crippen LogP contribution in [-0.4, -0.2) is 12.5 Å². The minimum Gasteiger partial charge on any atom is -0.484 e. The van der Waals surface area contributed by atoms with Crippen LogP contribution in [0.3, 0.4) is 0 Å². The second-order valence-corrected chi connectivity index (χ2v) is 4.59. The zero-order chi connectivity index (χ0) is 14.5. The van der Waals surface area contributed by atoms with E-state index in [-0.39, 0.29) is 6.10 Å². The number of amides is 1. The Hall–Kier alpha value is -2.33. The lowest BCUT2D eigenvalue weighted by Crippen LogP contribution is -2.19.